The molecule has 0 saturated heterocycles. The molecule has 0 aliphatic heterocycles. The average Bonchev–Trinajstić information content (AvgIpc) is 3.10. The standard InChI is InChI=1S/C14H16BrN3O2/c1-19-14(7-2-3-8-14)13-17-12(20-18-13)9-5-4-6-10(15)11(9)16/h4-6H,2-3,7-8,16H2,1H3. The van der Waals surface area contributed by atoms with Crippen molar-refractivity contribution in [3.63, 3.8) is 0 Å². The zero-order valence-electron chi connectivity index (χ0n) is 11.2. The number of aromatic nitrogens is 2. The van der Waals surface area contributed by atoms with Crippen LogP contribution in [0.2, 0.25) is 0 Å². The minimum absolute atomic E-state index is 0.400. The number of hydrogen-bond acceptors (Lipinski definition) is 5. The molecule has 0 bridgehead atoms. The number of nitrogens with zero attached hydrogens (tertiary/aromatic N) is 2. The summed E-state index contributed by atoms with van der Waals surface area (Å²) in [6, 6.07) is 5.64. The molecule has 20 heavy (non-hydrogen) atoms. The topological polar surface area (TPSA) is 74.2 Å². The zero-order valence-corrected chi connectivity index (χ0v) is 12.8. The van der Waals surface area contributed by atoms with Crippen LogP contribution in [0.15, 0.2) is 27.2 Å². The zero-order chi connectivity index (χ0) is 14.2. The molecule has 2 N–H and O–H groups in total. The van der Waals surface area contributed by atoms with Gasteiger partial charge in [-0.3, -0.25) is 0 Å². The van der Waals surface area contributed by atoms with Gasteiger partial charge in [-0.15, -0.1) is 0 Å². The Morgan fingerprint density at radius 2 is 2.10 bits per heavy atom. The summed E-state index contributed by atoms with van der Waals surface area (Å²) in [4.78, 5) is 4.50. The Morgan fingerprint density at radius 3 is 2.80 bits per heavy atom. The molecule has 1 aliphatic rings. The van der Waals surface area contributed by atoms with E-state index >= 15 is 0 Å². The highest BCUT2D eigenvalue weighted by Crippen LogP contribution is 2.41. The molecule has 0 spiro atoms. The normalized spacial score (nSPS) is 17.5. The second-order valence-corrected chi connectivity index (χ2v) is 5.88. The van der Waals surface area contributed by atoms with E-state index in [1.165, 1.54) is 0 Å². The molecule has 1 fully saturated rings. The summed E-state index contributed by atoms with van der Waals surface area (Å²) in [6.45, 7) is 0. The SMILES string of the molecule is COC1(c2noc(-c3cccc(Br)c3N)n2)CCCC1. The molecule has 1 heterocycles. The van der Waals surface area contributed by atoms with E-state index in [4.69, 9.17) is 15.0 Å². The van der Waals surface area contributed by atoms with Crippen molar-refractivity contribution >= 4 is 21.6 Å². The molecular weight excluding hydrogens is 322 g/mol. The highest BCUT2D eigenvalue weighted by molar-refractivity contribution is 9.10. The van der Waals surface area contributed by atoms with Crippen LogP contribution in [-0.2, 0) is 10.3 Å². The van der Waals surface area contributed by atoms with Crippen LogP contribution in [0.4, 0.5) is 5.69 Å². The summed E-state index contributed by atoms with van der Waals surface area (Å²) in [5.74, 6) is 1.05. The summed E-state index contributed by atoms with van der Waals surface area (Å²) in [5, 5.41) is 4.11. The summed E-state index contributed by atoms with van der Waals surface area (Å²) < 4.78 is 11.9. The molecule has 3 rings (SSSR count). The van der Waals surface area contributed by atoms with Crippen molar-refractivity contribution in [1.29, 1.82) is 0 Å². The maximum atomic E-state index is 6.04. The van der Waals surface area contributed by atoms with Crippen molar-refractivity contribution in [2.24, 2.45) is 0 Å². The lowest BCUT2D eigenvalue weighted by Gasteiger charge is -2.22. The molecule has 0 unspecified atom stereocenters. The van der Waals surface area contributed by atoms with Gasteiger partial charge in [-0.25, -0.2) is 0 Å². The number of nitrogens with two attached hydrogens (primary N) is 1. The maximum absolute atomic E-state index is 6.04. The van der Waals surface area contributed by atoms with Crippen molar-refractivity contribution in [1.82, 2.24) is 10.1 Å². The molecule has 0 radical (unpaired) electrons. The molecule has 1 aromatic heterocycles. The summed E-state index contributed by atoms with van der Waals surface area (Å²) in [5.41, 5.74) is 6.97. The van der Waals surface area contributed by atoms with E-state index in [1.54, 1.807) is 7.11 Å². The van der Waals surface area contributed by atoms with Crippen molar-refractivity contribution in [3.05, 3.63) is 28.5 Å². The summed E-state index contributed by atoms with van der Waals surface area (Å²) >= 11 is 3.40. The fourth-order valence-electron chi connectivity index (χ4n) is 2.71. The second kappa shape index (κ2) is 5.18. The molecule has 0 amide bonds. The first-order valence-electron chi connectivity index (χ1n) is 6.60. The van der Waals surface area contributed by atoms with Crippen LogP contribution in [0.25, 0.3) is 11.5 Å². The number of ether oxygens (including phenoxy) is 1. The van der Waals surface area contributed by atoms with Crippen molar-refractivity contribution in [3.8, 4) is 11.5 Å². The van der Waals surface area contributed by atoms with Gasteiger partial charge < -0.3 is 15.0 Å². The predicted molar refractivity (Wildman–Crippen MR) is 79.0 cm³/mol. The molecule has 6 heteroatoms. The number of benzene rings is 1. The number of nitrogen functional groups attached to an aromatic ring is 1. The van der Waals surface area contributed by atoms with E-state index in [-0.39, 0.29) is 0 Å². The Labute approximate surface area is 125 Å². The van der Waals surface area contributed by atoms with Crippen molar-refractivity contribution in [2.45, 2.75) is 31.3 Å². The Morgan fingerprint density at radius 1 is 1.35 bits per heavy atom. The van der Waals surface area contributed by atoms with Gasteiger partial charge in [0, 0.05) is 11.6 Å². The monoisotopic (exact) mass is 337 g/mol. The van der Waals surface area contributed by atoms with Crippen molar-refractivity contribution < 1.29 is 9.26 Å². The van der Waals surface area contributed by atoms with E-state index in [9.17, 15) is 0 Å². The van der Waals surface area contributed by atoms with Crippen LogP contribution in [0, 0.1) is 0 Å². The first-order valence-corrected chi connectivity index (χ1v) is 7.39. The van der Waals surface area contributed by atoms with Gasteiger partial charge >= 0.3 is 0 Å². The van der Waals surface area contributed by atoms with Gasteiger partial charge in [-0.1, -0.05) is 11.2 Å². The second-order valence-electron chi connectivity index (χ2n) is 5.03. The number of rotatable bonds is 3. The molecular formula is C14H16BrN3O2. The number of halogens is 1. The lowest BCUT2D eigenvalue weighted by molar-refractivity contribution is -0.0178. The van der Waals surface area contributed by atoms with E-state index in [0.717, 1.165) is 35.7 Å². The Hall–Kier alpha value is -1.40. The minimum atomic E-state index is -0.400. The third-order valence-electron chi connectivity index (χ3n) is 3.92. The highest BCUT2D eigenvalue weighted by atomic mass is 79.9. The highest BCUT2D eigenvalue weighted by Gasteiger charge is 2.40. The Kier molecular flexibility index (Phi) is 3.52. The van der Waals surface area contributed by atoms with Crippen LogP contribution in [0.1, 0.15) is 31.5 Å². The van der Waals surface area contributed by atoms with Gasteiger partial charge in [-0.05, 0) is 53.7 Å². The van der Waals surface area contributed by atoms with Gasteiger partial charge in [0.05, 0.1) is 11.3 Å². The minimum Gasteiger partial charge on any atom is -0.397 e. The Bertz CT molecular complexity index is 621. The van der Waals surface area contributed by atoms with E-state index in [0.29, 0.717) is 17.4 Å². The fourth-order valence-corrected chi connectivity index (χ4v) is 3.07. The number of para-hydroxylation sites is 1. The van der Waals surface area contributed by atoms with Gasteiger partial charge in [0.25, 0.3) is 5.89 Å². The van der Waals surface area contributed by atoms with Crippen LogP contribution in [-0.4, -0.2) is 17.3 Å². The number of anilines is 1. The first kappa shape index (κ1) is 13.6. The molecule has 1 saturated carbocycles. The Balaban J connectivity index is 2.00. The van der Waals surface area contributed by atoms with Gasteiger partial charge in [0.15, 0.2) is 0 Å². The van der Waals surface area contributed by atoms with E-state index in [1.807, 2.05) is 18.2 Å². The molecule has 106 valence electrons. The predicted octanol–water partition coefficient (Wildman–Crippen LogP) is 3.50. The van der Waals surface area contributed by atoms with E-state index < -0.39 is 5.60 Å². The lowest BCUT2D eigenvalue weighted by atomic mass is 10.0. The van der Waals surface area contributed by atoms with Crippen LogP contribution >= 0.6 is 15.9 Å². The third kappa shape index (κ3) is 2.13. The quantitative estimate of drug-likeness (QED) is 0.867. The number of methoxy groups -OCH3 is 1. The van der Waals surface area contributed by atoms with Gasteiger partial charge in [0.2, 0.25) is 5.82 Å². The summed E-state index contributed by atoms with van der Waals surface area (Å²) in [7, 11) is 1.70. The molecule has 1 aromatic carbocycles. The summed E-state index contributed by atoms with van der Waals surface area (Å²) in [6.07, 6.45) is 4.10. The van der Waals surface area contributed by atoms with Crippen molar-refractivity contribution in [2.75, 3.05) is 12.8 Å². The van der Waals surface area contributed by atoms with Gasteiger partial charge in [-0.2, -0.15) is 4.98 Å². The fraction of sp³-hybridized carbons (Fsp3) is 0.429. The lowest BCUT2D eigenvalue weighted by Crippen LogP contribution is -2.25. The van der Waals surface area contributed by atoms with Crippen LogP contribution < -0.4 is 5.73 Å². The molecule has 2 aromatic rings. The number of hydrogen-bond donors (Lipinski definition) is 1. The molecule has 0 atom stereocenters. The first-order chi connectivity index (χ1) is 9.66. The van der Waals surface area contributed by atoms with Crippen LogP contribution in [0.3, 0.4) is 0 Å². The molecule has 1 aliphatic carbocycles. The van der Waals surface area contributed by atoms with Gasteiger partial charge in [0.1, 0.15) is 5.60 Å². The molecule has 5 nitrogen and oxygen atoms in total. The smallest absolute Gasteiger partial charge is 0.260 e. The van der Waals surface area contributed by atoms with E-state index in [2.05, 4.69) is 26.1 Å². The largest absolute Gasteiger partial charge is 0.397 e. The average molecular weight is 338 g/mol. The maximum Gasteiger partial charge on any atom is 0.260 e. The third-order valence-corrected chi connectivity index (χ3v) is 4.61. The van der Waals surface area contributed by atoms with Crippen LogP contribution in [0.5, 0.6) is 0 Å².